The minimum absolute atomic E-state index is 0.197. The number of hydrogen-bond donors (Lipinski definition) is 1. The fourth-order valence-corrected chi connectivity index (χ4v) is 1.57. The van der Waals surface area contributed by atoms with Crippen molar-refractivity contribution in [2.45, 2.75) is 32.8 Å². The second-order valence-electron chi connectivity index (χ2n) is 3.51. The first-order chi connectivity index (χ1) is 5.11. The Morgan fingerprint density at radius 2 is 2.36 bits per heavy atom. The van der Waals surface area contributed by atoms with Crippen LogP contribution in [0.1, 0.15) is 26.7 Å². The van der Waals surface area contributed by atoms with E-state index in [4.69, 9.17) is 0 Å². The van der Waals surface area contributed by atoms with Crippen LogP contribution in [-0.4, -0.2) is 11.2 Å². The van der Waals surface area contributed by atoms with Gasteiger partial charge in [-0.2, -0.15) is 0 Å². The van der Waals surface area contributed by atoms with E-state index in [9.17, 15) is 5.11 Å². The maximum atomic E-state index is 9.61. The molecular formula is C10H16O. The van der Waals surface area contributed by atoms with Crippen LogP contribution < -0.4 is 0 Å². The number of rotatable bonds is 1. The molecule has 0 fully saturated rings. The van der Waals surface area contributed by atoms with Gasteiger partial charge in [0.25, 0.3) is 0 Å². The van der Waals surface area contributed by atoms with Crippen molar-refractivity contribution in [1.29, 1.82) is 0 Å². The van der Waals surface area contributed by atoms with Gasteiger partial charge in [-0.3, -0.25) is 0 Å². The number of aliphatic hydroxyl groups excluding tert-OH is 1. The van der Waals surface area contributed by atoms with Gasteiger partial charge in [-0.25, -0.2) is 0 Å². The summed E-state index contributed by atoms with van der Waals surface area (Å²) in [7, 11) is 0. The van der Waals surface area contributed by atoms with E-state index in [-0.39, 0.29) is 6.10 Å². The molecule has 0 spiro atoms. The van der Waals surface area contributed by atoms with Crippen LogP contribution in [0, 0.1) is 5.92 Å². The third kappa shape index (κ3) is 1.93. The summed E-state index contributed by atoms with van der Waals surface area (Å²) in [6, 6.07) is 0. The van der Waals surface area contributed by atoms with Crippen LogP contribution in [0.15, 0.2) is 23.8 Å². The van der Waals surface area contributed by atoms with E-state index in [1.54, 1.807) is 0 Å². The summed E-state index contributed by atoms with van der Waals surface area (Å²) < 4.78 is 0. The number of hydrogen-bond acceptors (Lipinski definition) is 1. The average Bonchev–Trinajstić information content (AvgIpc) is 1.85. The molecule has 11 heavy (non-hydrogen) atoms. The molecule has 1 N–H and O–H groups in total. The highest BCUT2D eigenvalue weighted by molar-refractivity contribution is 5.13. The van der Waals surface area contributed by atoms with Crippen molar-refractivity contribution in [2.75, 3.05) is 0 Å². The lowest BCUT2D eigenvalue weighted by molar-refractivity contribution is 0.120. The molecule has 0 aliphatic heterocycles. The first-order valence-electron chi connectivity index (χ1n) is 4.10. The van der Waals surface area contributed by atoms with Gasteiger partial charge in [-0.1, -0.05) is 23.8 Å². The molecule has 0 aromatic carbocycles. The Balaban J connectivity index is 2.65. The zero-order valence-electron chi connectivity index (χ0n) is 7.30. The Bertz CT molecular complexity index is 191. The molecule has 1 heteroatoms. The minimum atomic E-state index is -0.197. The van der Waals surface area contributed by atoms with E-state index in [1.165, 1.54) is 5.57 Å². The molecule has 2 unspecified atom stereocenters. The molecule has 0 aromatic heterocycles. The summed E-state index contributed by atoms with van der Waals surface area (Å²) in [5, 5.41) is 9.61. The van der Waals surface area contributed by atoms with Gasteiger partial charge >= 0.3 is 0 Å². The Labute approximate surface area is 68.4 Å². The van der Waals surface area contributed by atoms with Gasteiger partial charge in [-0.15, -0.1) is 0 Å². The first kappa shape index (κ1) is 8.54. The summed E-state index contributed by atoms with van der Waals surface area (Å²) in [4.78, 5) is 0. The van der Waals surface area contributed by atoms with Crippen molar-refractivity contribution in [3.8, 4) is 0 Å². The summed E-state index contributed by atoms with van der Waals surface area (Å²) in [6.45, 7) is 7.92. The molecule has 1 aliphatic rings. The van der Waals surface area contributed by atoms with Crippen molar-refractivity contribution in [3.05, 3.63) is 23.8 Å². The van der Waals surface area contributed by atoms with Crippen LogP contribution in [-0.2, 0) is 0 Å². The fraction of sp³-hybridized carbons (Fsp3) is 0.600. The smallest absolute Gasteiger partial charge is 0.0645 e. The topological polar surface area (TPSA) is 20.2 Å². The van der Waals surface area contributed by atoms with Crippen LogP contribution in [0.25, 0.3) is 0 Å². The van der Waals surface area contributed by atoms with Crippen LogP contribution in [0.3, 0.4) is 0 Å². The molecular weight excluding hydrogens is 136 g/mol. The first-order valence-corrected chi connectivity index (χ1v) is 4.10. The summed E-state index contributed by atoms with van der Waals surface area (Å²) in [5.41, 5.74) is 2.40. The Kier molecular flexibility index (Phi) is 2.50. The van der Waals surface area contributed by atoms with Gasteiger partial charge in [-0.05, 0) is 26.7 Å². The lowest BCUT2D eigenvalue weighted by Crippen LogP contribution is -2.24. The quantitative estimate of drug-likeness (QED) is 0.571. The van der Waals surface area contributed by atoms with Gasteiger partial charge in [0.05, 0.1) is 6.10 Å². The molecule has 0 amide bonds. The highest BCUT2D eigenvalue weighted by atomic mass is 16.3. The molecule has 0 bridgehead atoms. The van der Waals surface area contributed by atoms with E-state index in [0.717, 1.165) is 18.4 Å². The zero-order valence-corrected chi connectivity index (χ0v) is 7.30. The lowest BCUT2D eigenvalue weighted by Gasteiger charge is -2.26. The van der Waals surface area contributed by atoms with E-state index >= 15 is 0 Å². The summed E-state index contributed by atoms with van der Waals surface area (Å²) >= 11 is 0. The predicted molar refractivity (Wildman–Crippen MR) is 47.3 cm³/mol. The molecule has 0 radical (unpaired) electrons. The maximum absolute atomic E-state index is 9.61. The van der Waals surface area contributed by atoms with Crippen molar-refractivity contribution in [1.82, 2.24) is 0 Å². The van der Waals surface area contributed by atoms with Crippen LogP contribution in [0.5, 0.6) is 0 Å². The summed E-state index contributed by atoms with van der Waals surface area (Å²) in [6.07, 6.45) is 3.78. The van der Waals surface area contributed by atoms with Crippen LogP contribution >= 0.6 is 0 Å². The second kappa shape index (κ2) is 3.22. The maximum Gasteiger partial charge on any atom is 0.0645 e. The van der Waals surface area contributed by atoms with Crippen LogP contribution in [0.2, 0.25) is 0 Å². The number of allylic oxidation sites excluding steroid dienone is 1. The normalized spacial score (nSPS) is 31.4. The van der Waals surface area contributed by atoms with Gasteiger partial charge in [0.1, 0.15) is 0 Å². The van der Waals surface area contributed by atoms with Gasteiger partial charge in [0, 0.05) is 5.92 Å². The molecule has 62 valence electrons. The second-order valence-corrected chi connectivity index (χ2v) is 3.51. The molecule has 1 aliphatic carbocycles. The standard InChI is InChI=1S/C10H16O/c1-7(2)9-5-4-8(3)6-10(9)11/h4,9-11H,1,5-6H2,2-3H3. The highest BCUT2D eigenvalue weighted by Gasteiger charge is 2.22. The SMILES string of the molecule is C=C(C)C1CC=C(C)CC1O. The minimum Gasteiger partial charge on any atom is -0.392 e. The third-order valence-corrected chi connectivity index (χ3v) is 2.35. The van der Waals surface area contributed by atoms with Crippen LogP contribution in [0.4, 0.5) is 0 Å². The fourth-order valence-electron chi connectivity index (χ4n) is 1.57. The lowest BCUT2D eigenvalue weighted by atomic mass is 9.83. The molecule has 0 heterocycles. The summed E-state index contributed by atoms with van der Waals surface area (Å²) in [5.74, 6) is 0.290. The highest BCUT2D eigenvalue weighted by Crippen LogP contribution is 2.28. The zero-order chi connectivity index (χ0) is 8.43. The molecule has 1 rings (SSSR count). The average molecular weight is 152 g/mol. The molecule has 1 nitrogen and oxygen atoms in total. The van der Waals surface area contributed by atoms with Gasteiger partial charge in [0.2, 0.25) is 0 Å². The largest absolute Gasteiger partial charge is 0.392 e. The molecule has 0 aromatic rings. The van der Waals surface area contributed by atoms with E-state index in [1.807, 2.05) is 6.92 Å². The predicted octanol–water partition coefficient (Wildman–Crippen LogP) is 2.28. The van der Waals surface area contributed by atoms with Crippen molar-refractivity contribution < 1.29 is 5.11 Å². The molecule has 2 atom stereocenters. The van der Waals surface area contributed by atoms with Crippen molar-refractivity contribution >= 4 is 0 Å². The monoisotopic (exact) mass is 152 g/mol. The molecule has 0 saturated carbocycles. The Morgan fingerprint density at radius 3 is 2.82 bits per heavy atom. The van der Waals surface area contributed by atoms with Crippen molar-refractivity contribution in [2.24, 2.45) is 5.92 Å². The van der Waals surface area contributed by atoms with E-state index in [2.05, 4.69) is 19.6 Å². The van der Waals surface area contributed by atoms with Gasteiger partial charge < -0.3 is 5.11 Å². The van der Waals surface area contributed by atoms with Crippen molar-refractivity contribution in [3.63, 3.8) is 0 Å². The van der Waals surface area contributed by atoms with E-state index < -0.39 is 0 Å². The van der Waals surface area contributed by atoms with Gasteiger partial charge in [0.15, 0.2) is 0 Å². The van der Waals surface area contributed by atoms with E-state index in [0.29, 0.717) is 5.92 Å². The Morgan fingerprint density at radius 1 is 1.73 bits per heavy atom. The third-order valence-electron chi connectivity index (χ3n) is 2.35. The number of aliphatic hydroxyl groups is 1. The molecule has 0 saturated heterocycles. The Hall–Kier alpha value is -0.560.